The van der Waals surface area contributed by atoms with E-state index in [0.717, 1.165) is 31.2 Å². The number of carbonyl (C=O) groups excluding carboxylic acids is 1. The first kappa shape index (κ1) is 26.8. The highest BCUT2D eigenvalue weighted by atomic mass is 127. The molecule has 9 heteroatoms. The van der Waals surface area contributed by atoms with Crippen LogP contribution in [0.4, 0.5) is 4.39 Å². The number of hydrogen-bond donors (Lipinski definition) is 2. The number of amides is 1. The molecule has 7 nitrogen and oxygen atoms in total. The summed E-state index contributed by atoms with van der Waals surface area (Å²) in [6.45, 7) is 3.50. The van der Waals surface area contributed by atoms with Crippen molar-refractivity contribution in [3.8, 4) is 11.5 Å². The molecule has 0 aliphatic heterocycles. The molecule has 1 heterocycles. The van der Waals surface area contributed by atoms with Crippen LogP contribution in [0.1, 0.15) is 38.2 Å². The van der Waals surface area contributed by atoms with Crippen LogP contribution in [-0.2, 0) is 11.3 Å². The lowest BCUT2D eigenvalue weighted by molar-refractivity contribution is -0.138. The van der Waals surface area contributed by atoms with Gasteiger partial charge >= 0.3 is 0 Å². The van der Waals surface area contributed by atoms with Gasteiger partial charge in [-0.3, -0.25) is 9.78 Å². The zero-order valence-electron chi connectivity index (χ0n) is 19.4. The second-order valence-corrected chi connectivity index (χ2v) is 8.29. The third-order valence-corrected chi connectivity index (χ3v) is 5.64. The summed E-state index contributed by atoms with van der Waals surface area (Å²) in [7, 11) is 3.61. The smallest absolute Gasteiger partial charge is 0.230 e. The molecule has 1 fully saturated rings. The molecule has 0 unspecified atom stereocenters. The highest BCUT2D eigenvalue weighted by Gasteiger charge is 2.42. The first-order valence-electron chi connectivity index (χ1n) is 11.0. The molecule has 180 valence electrons. The van der Waals surface area contributed by atoms with Crippen molar-refractivity contribution in [2.45, 2.75) is 39.2 Å². The Kier molecular flexibility index (Phi) is 10.3. The van der Waals surface area contributed by atoms with Gasteiger partial charge in [0, 0.05) is 33.4 Å². The Bertz CT molecular complexity index is 934. The number of halogens is 2. The van der Waals surface area contributed by atoms with E-state index in [1.807, 2.05) is 6.92 Å². The fraction of sp³-hybridized carbons (Fsp3) is 0.458. The van der Waals surface area contributed by atoms with Crippen molar-refractivity contribution in [3.05, 3.63) is 54.1 Å². The Morgan fingerprint density at radius 3 is 2.61 bits per heavy atom. The minimum absolute atomic E-state index is 0. The molecule has 0 spiro atoms. The Morgan fingerprint density at radius 1 is 1.24 bits per heavy atom. The number of rotatable bonds is 8. The van der Waals surface area contributed by atoms with Crippen LogP contribution < -0.4 is 15.4 Å². The van der Waals surface area contributed by atoms with E-state index in [9.17, 15) is 9.18 Å². The number of guanidine groups is 1. The number of nitrogens with zero attached hydrogens (tertiary/aromatic N) is 3. The van der Waals surface area contributed by atoms with E-state index in [2.05, 4.69) is 20.6 Å². The van der Waals surface area contributed by atoms with Crippen molar-refractivity contribution in [2.75, 3.05) is 27.2 Å². The van der Waals surface area contributed by atoms with Gasteiger partial charge in [-0.1, -0.05) is 18.9 Å². The molecule has 2 aromatic rings. The van der Waals surface area contributed by atoms with E-state index in [-0.39, 0.29) is 35.6 Å². The topological polar surface area (TPSA) is 78.9 Å². The van der Waals surface area contributed by atoms with Crippen LogP contribution >= 0.6 is 24.0 Å². The standard InChI is InChI=1S/C24H32FN5O2.HI/c1-4-27-23(29-17-24(11-5-6-12-24)22(31)30(2)3)28-15-18-9-10-21(20(25)14-18)32-19-8-7-13-26-16-19;/h7-10,13-14,16H,4-6,11-12,15,17H2,1-3H3,(H2,27,28,29);1H. The van der Waals surface area contributed by atoms with Crippen molar-refractivity contribution in [1.29, 1.82) is 0 Å². The summed E-state index contributed by atoms with van der Waals surface area (Å²) in [6, 6.07) is 8.25. The largest absolute Gasteiger partial charge is 0.453 e. The second kappa shape index (κ2) is 12.7. The van der Waals surface area contributed by atoms with Gasteiger partial charge in [0.15, 0.2) is 17.5 Å². The quantitative estimate of drug-likeness (QED) is 0.281. The Labute approximate surface area is 212 Å². The van der Waals surface area contributed by atoms with E-state index in [1.54, 1.807) is 49.5 Å². The Balaban J connectivity index is 0.00000385. The number of hydrogen-bond acceptors (Lipinski definition) is 4. The average molecular weight is 569 g/mol. The maximum absolute atomic E-state index is 14.5. The third-order valence-electron chi connectivity index (χ3n) is 5.64. The summed E-state index contributed by atoms with van der Waals surface area (Å²) in [5.74, 6) is 0.928. The van der Waals surface area contributed by atoms with Gasteiger partial charge in [0.2, 0.25) is 5.91 Å². The van der Waals surface area contributed by atoms with Gasteiger partial charge in [0.1, 0.15) is 5.75 Å². The highest BCUT2D eigenvalue weighted by Crippen LogP contribution is 2.38. The minimum atomic E-state index is -0.457. The summed E-state index contributed by atoms with van der Waals surface area (Å²) in [4.78, 5) is 23.0. The van der Waals surface area contributed by atoms with E-state index in [1.165, 1.54) is 12.3 Å². The van der Waals surface area contributed by atoms with Crippen LogP contribution in [0.2, 0.25) is 0 Å². The normalized spacial score (nSPS) is 14.8. The zero-order chi connectivity index (χ0) is 23.0. The molecule has 1 aliphatic rings. The first-order valence-corrected chi connectivity index (χ1v) is 11.0. The Morgan fingerprint density at radius 2 is 2.00 bits per heavy atom. The molecule has 0 radical (unpaired) electrons. The lowest BCUT2D eigenvalue weighted by Crippen LogP contribution is -2.49. The molecule has 1 aromatic carbocycles. The molecule has 0 atom stereocenters. The summed E-state index contributed by atoms with van der Waals surface area (Å²) in [5, 5.41) is 6.54. The molecule has 0 bridgehead atoms. The van der Waals surface area contributed by atoms with Crippen molar-refractivity contribution in [1.82, 2.24) is 20.5 Å². The lowest BCUT2D eigenvalue weighted by Gasteiger charge is -2.31. The Hall–Kier alpha value is -2.43. The zero-order valence-corrected chi connectivity index (χ0v) is 21.8. The molecule has 3 rings (SSSR count). The lowest BCUT2D eigenvalue weighted by atomic mass is 9.84. The van der Waals surface area contributed by atoms with Crippen LogP contribution in [-0.4, -0.2) is 48.9 Å². The van der Waals surface area contributed by atoms with Gasteiger partial charge in [-0.15, -0.1) is 24.0 Å². The van der Waals surface area contributed by atoms with E-state index >= 15 is 0 Å². The molecule has 2 N–H and O–H groups in total. The van der Waals surface area contributed by atoms with Crippen LogP contribution in [0.25, 0.3) is 0 Å². The van der Waals surface area contributed by atoms with Crippen molar-refractivity contribution in [2.24, 2.45) is 10.4 Å². The van der Waals surface area contributed by atoms with Gasteiger partial charge < -0.3 is 20.3 Å². The number of aromatic nitrogens is 1. The molecule has 1 aromatic heterocycles. The van der Waals surface area contributed by atoms with E-state index in [0.29, 0.717) is 31.3 Å². The predicted molar refractivity (Wildman–Crippen MR) is 139 cm³/mol. The van der Waals surface area contributed by atoms with Crippen LogP contribution in [0.3, 0.4) is 0 Å². The molecule has 0 saturated heterocycles. The maximum Gasteiger partial charge on any atom is 0.230 e. The summed E-state index contributed by atoms with van der Waals surface area (Å²) >= 11 is 0. The molecule has 1 amide bonds. The van der Waals surface area contributed by atoms with Crippen LogP contribution in [0.5, 0.6) is 11.5 Å². The molecular weight excluding hydrogens is 536 g/mol. The molecule has 1 saturated carbocycles. The number of nitrogens with one attached hydrogen (secondary N) is 2. The third kappa shape index (κ3) is 7.28. The SMILES string of the molecule is CCNC(=NCc1ccc(Oc2cccnc2)c(F)c1)NCC1(C(=O)N(C)C)CCCC1.I. The fourth-order valence-electron chi connectivity index (χ4n) is 4.02. The molecule has 1 aliphatic carbocycles. The van der Waals surface area contributed by atoms with Crippen molar-refractivity contribution >= 4 is 35.8 Å². The van der Waals surface area contributed by atoms with Gasteiger partial charge in [-0.05, 0) is 49.6 Å². The average Bonchev–Trinajstić information content (AvgIpc) is 3.27. The minimum Gasteiger partial charge on any atom is -0.453 e. The van der Waals surface area contributed by atoms with Crippen molar-refractivity contribution in [3.63, 3.8) is 0 Å². The first-order chi connectivity index (χ1) is 15.4. The van der Waals surface area contributed by atoms with Crippen LogP contribution in [0, 0.1) is 11.2 Å². The fourth-order valence-corrected chi connectivity index (χ4v) is 4.02. The number of ether oxygens (including phenoxy) is 1. The van der Waals surface area contributed by atoms with Gasteiger partial charge in [0.05, 0.1) is 18.2 Å². The number of carbonyl (C=O) groups is 1. The number of aliphatic imine (C=N–C) groups is 1. The molecular formula is C24H33FIN5O2. The summed E-state index contributed by atoms with van der Waals surface area (Å²) < 4.78 is 20.1. The second-order valence-electron chi connectivity index (χ2n) is 8.29. The van der Waals surface area contributed by atoms with E-state index in [4.69, 9.17) is 4.74 Å². The summed E-state index contributed by atoms with van der Waals surface area (Å²) in [5.41, 5.74) is 0.329. The van der Waals surface area contributed by atoms with Gasteiger partial charge in [0.25, 0.3) is 0 Å². The van der Waals surface area contributed by atoms with Crippen molar-refractivity contribution < 1.29 is 13.9 Å². The number of pyridine rings is 1. The predicted octanol–water partition coefficient (Wildman–Crippen LogP) is 4.33. The number of benzene rings is 1. The van der Waals surface area contributed by atoms with Gasteiger partial charge in [-0.25, -0.2) is 9.38 Å². The highest BCUT2D eigenvalue weighted by molar-refractivity contribution is 14.0. The monoisotopic (exact) mass is 569 g/mol. The maximum atomic E-state index is 14.5. The summed E-state index contributed by atoms with van der Waals surface area (Å²) in [6.07, 6.45) is 7.03. The van der Waals surface area contributed by atoms with Gasteiger partial charge in [-0.2, -0.15) is 0 Å². The van der Waals surface area contributed by atoms with E-state index < -0.39 is 11.2 Å². The van der Waals surface area contributed by atoms with Crippen LogP contribution in [0.15, 0.2) is 47.7 Å². The molecule has 33 heavy (non-hydrogen) atoms.